The molecule has 0 spiro atoms. The number of rotatable bonds is 3. The second kappa shape index (κ2) is 6.64. The van der Waals surface area contributed by atoms with Crippen molar-refractivity contribution in [3.63, 3.8) is 0 Å². The van der Waals surface area contributed by atoms with E-state index in [4.69, 9.17) is 9.47 Å². The summed E-state index contributed by atoms with van der Waals surface area (Å²) in [5, 5.41) is 19.5. The summed E-state index contributed by atoms with van der Waals surface area (Å²) < 4.78 is 11.2. The highest BCUT2D eigenvalue weighted by Gasteiger charge is 2.33. The lowest BCUT2D eigenvalue weighted by Crippen LogP contribution is -2.25. The summed E-state index contributed by atoms with van der Waals surface area (Å²) >= 11 is 0. The molecule has 4 heteroatoms. The number of ether oxygens (including phenoxy) is 2. The minimum absolute atomic E-state index is 0.0633. The second-order valence-corrected chi connectivity index (χ2v) is 6.48. The number of hydrogen-bond acceptors (Lipinski definition) is 4. The van der Waals surface area contributed by atoms with E-state index >= 15 is 0 Å². The van der Waals surface area contributed by atoms with E-state index in [1.807, 2.05) is 30.3 Å². The SMILES string of the molecule is COc1ccc(C2COc3cc(O)ccc3C2c2ccc(O)cc2)cc1. The summed E-state index contributed by atoms with van der Waals surface area (Å²) in [6, 6.07) is 20.6. The lowest BCUT2D eigenvalue weighted by molar-refractivity contribution is 0.247. The van der Waals surface area contributed by atoms with Gasteiger partial charge in [0.1, 0.15) is 23.0 Å². The van der Waals surface area contributed by atoms with Gasteiger partial charge in [0, 0.05) is 23.5 Å². The van der Waals surface area contributed by atoms with Crippen LogP contribution in [0.2, 0.25) is 0 Å². The van der Waals surface area contributed by atoms with Crippen molar-refractivity contribution in [3.05, 3.63) is 83.4 Å². The van der Waals surface area contributed by atoms with Crippen molar-refractivity contribution in [1.82, 2.24) is 0 Å². The van der Waals surface area contributed by atoms with Gasteiger partial charge in [-0.2, -0.15) is 0 Å². The Hall–Kier alpha value is -3.14. The van der Waals surface area contributed by atoms with Gasteiger partial charge in [-0.1, -0.05) is 30.3 Å². The van der Waals surface area contributed by atoms with Crippen molar-refractivity contribution in [3.8, 4) is 23.0 Å². The first-order chi connectivity index (χ1) is 12.7. The summed E-state index contributed by atoms with van der Waals surface area (Å²) in [5.41, 5.74) is 3.28. The Morgan fingerprint density at radius 2 is 1.50 bits per heavy atom. The zero-order valence-corrected chi connectivity index (χ0v) is 14.4. The number of phenols is 2. The molecule has 1 aliphatic heterocycles. The average Bonchev–Trinajstić information content (AvgIpc) is 2.68. The molecule has 3 aromatic rings. The largest absolute Gasteiger partial charge is 0.508 e. The topological polar surface area (TPSA) is 58.9 Å². The predicted octanol–water partition coefficient (Wildman–Crippen LogP) is 4.41. The highest BCUT2D eigenvalue weighted by molar-refractivity contribution is 5.51. The molecule has 0 fully saturated rings. The summed E-state index contributed by atoms with van der Waals surface area (Å²) in [5.74, 6) is 2.13. The minimum atomic E-state index is 0.0633. The number of aromatic hydroxyl groups is 2. The Balaban J connectivity index is 1.81. The quantitative estimate of drug-likeness (QED) is 0.736. The summed E-state index contributed by atoms with van der Waals surface area (Å²) in [6.45, 7) is 0.508. The van der Waals surface area contributed by atoms with Gasteiger partial charge in [-0.25, -0.2) is 0 Å². The number of hydrogen-bond donors (Lipinski definition) is 2. The maximum Gasteiger partial charge on any atom is 0.126 e. The van der Waals surface area contributed by atoms with Crippen LogP contribution in [0.15, 0.2) is 66.7 Å². The zero-order valence-electron chi connectivity index (χ0n) is 14.4. The van der Waals surface area contributed by atoms with Gasteiger partial charge in [-0.05, 0) is 41.5 Å². The third kappa shape index (κ3) is 2.94. The van der Waals surface area contributed by atoms with Crippen LogP contribution in [0.3, 0.4) is 0 Å². The lowest BCUT2D eigenvalue weighted by atomic mass is 9.76. The van der Waals surface area contributed by atoms with E-state index in [2.05, 4.69) is 12.1 Å². The van der Waals surface area contributed by atoms with Gasteiger partial charge in [0.2, 0.25) is 0 Å². The molecule has 132 valence electrons. The van der Waals surface area contributed by atoms with Crippen LogP contribution >= 0.6 is 0 Å². The highest BCUT2D eigenvalue weighted by Crippen LogP contribution is 2.47. The molecule has 0 aliphatic carbocycles. The molecule has 2 unspecified atom stereocenters. The van der Waals surface area contributed by atoms with Crippen molar-refractivity contribution in [2.45, 2.75) is 11.8 Å². The van der Waals surface area contributed by atoms with Gasteiger partial charge >= 0.3 is 0 Å². The van der Waals surface area contributed by atoms with Gasteiger partial charge in [0.25, 0.3) is 0 Å². The van der Waals surface area contributed by atoms with Crippen molar-refractivity contribution in [2.24, 2.45) is 0 Å². The first-order valence-electron chi connectivity index (χ1n) is 8.54. The molecule has 0 radical (unpaired) electrons. The Labute approximate surface area is 152 Å². The Morgan fingerprint density at radius 3 is 2.19 bits per heavy atom. The maximum atomic E-state index is 9.80. The van der Waals surface area contributed by atoms with E-state index in [0.29, 0.717) is 12.4 Å². The fourth-order valence-corrected chi connectivity index (χ4v) is 3.63. The van der Waals surface area contributed by atoms with Gasteiger partial charge in [0.05, 0.1) is 13.7 Å². The van der Waals surface area contributed by atoms with Gasteiger partial charge in [-0.3, -0.25) is 0 Å². The van der Waals surface area contributed by atoms with E-state index in [9.17, 15) is 10.2 Å². The van der Waals surface area contributed by atoms with Crippen LogP contribution in [0.4, 0.5) is 0 Å². The molecule has 0 aromatic heterocycles. The molecule has 1 heterocycles. The maximum absolute atomic E-state index is 9.80. The smallest absolute Gasteiger partial charge is 0.126 e. The molecular formula is C22H20O4. The third-order valence-corrected chi connectivity index (χ3v) is 4.95. The van der Waals surface area contributed by atoms with Gasteiger partial charge < -0.3 is 19.7 Å². The third-order valence-electron chi connectivity index (χ3n) is 4.95. The first-order valence-corrected chi connectivity index (χ1v) is 8.54. The molecule has 2 atom stereocenters. The highest BCUT2D eigenvalue weighted by atomic mass is 16.5. The number of benzene rings is 3. The van der Waals surface area contributed by atoms with Crippen LogP contribution in [0.25, 0.3) is 0 Å². The second-order valence-electron chi connectivity index (χ2n) is 6.48. The monoisotopic (exact) mass is 348 g/mol. The summed E-state index contributed by atoms with van der Waals surface area (Å²) in [6.07, 6.45) is 0. The molecular weight excluding hydrogens is 328 g/mol. The Bertz CT molecular complexity index is 900. The van der Waals surface area contributed by atoms with Crippen molar-refractivity contribution >= 4 is 0 Å². The van der Waals surface area contributed by atoms with Crippen LogP contribution in [0.5, 0.6) is 23.0 Å². The standard InChI is InChI=1S/C22H20O4/c1-25-18-9-4-14(5-10-18)20-13-26-21-12-17(24)8-11-19(21)22(20)15-2-6-16(23)7-3-15/h2-12,20,22-24H,13H2,1H3. The van der Waals surface area contributed by atoms with Crippen molar-refractivity contribution in [1.29, 1.82) is 0 Å². The number of methoxy groups -OCH3 is 1. The van der Waals surface area contributed by atoms with E-state index in [1.54, 1.807) is 31.4 Å². The molecule has 1 aliphatic rings. The molecule has 26 heavy (non-hydrogen) atoms. The first kappa shape index (κ1) is 16.3. The Morgan fingerprint density at radius 1 is 0.846 bits per heavy atom. The van der Waals surface area contributed by atoms with Gasteiger partial charge in [0.15, 0.2) is 0 Å². The van der Waals surface area contributed by atoms with Gasteiger partial charge in [-0.15, -0.1) is 0 Å². The minimum Gasteiger partial charge on any atom is -0.508 e. The van der Waals surface area contributed by atoms with Crippen LogP contribution in [-0.4, -0.2) is 23.9 Å². The Kier molecular flexibility index (Phi) is 4.17. The van der Waals surface area contributed by atoms with Crippen molar-refractivity contribution < 1.29 is 19.7 Å². The molecule has 0 saturated heterocycles. The molecule has 3 aromatic carbocycles. The molecule has 0 amide bonds. The van der Waals surface area contributed by atoms with Crippen LogP contribution in [0, 0.1) is 0 Å². The van der Waals surface area contributed by atoms with E-state index in [0.717, 1.165) is 22.4 Å². The van der Waals surface area contributed by atoms with Crippen LogP contribution < -0.4 is 9.47 Å². The fraction of sp³-hybridized carbons (Fsp3) is 0.182. The fourth-order valence-electron chi connectivity index (χ4n) is 3.63. The number of fused-ring (bicyclic) bond motifs is 1. The normalized spacial score (nSPS) is 18.7. The van der Waals surface area contributed by atoms with E-state index in [-0.39, 0.29) is 23.3 Å². The average molecular weight is 348 g/mol. The molecule has 4 nitrogen and oxygen atoms in total. The number of phenolic OH excluding ortho intramolecular Hbond substituents is 2. The molecule has 4 rings (SSSR count). The molecule has 0 saturated carbocycles. The lowest BCUT2D eigenvalue weighted by Gasteiger charge is -2.34. The van der Waals surface area contributed by atoms with E-state index < -0.39 is 0 Å². The molecule has 2 N–H and O–H groups in total. The van der Waals surface area contributed by atoms with Crippen LogP contribution in [0.1, 0.15) is 28.5 Å². The van der Waals surface area contributed by atoms with Crippen molar-refractivity contribution in [2.75, 3.05) is 13.7 Å². The van der Waals surface area contributed by atoms with E-state index in [1.165, 1.54) is 0 Å². The molecule has 0 bridgehead atoms. The summed E-state index contributed by atoms with van der Waals surface area (Å²) in [4.78, 5) is 0. The zero-order chi connectivity index (χ0) is 18.1. The summed E-state index contributed by atoms with van der Waals surface area (Å²) in [7, 11) is 1.65. The van der Waals surface area contributed by atoms with Crippen LogP contribution in [-0.2, 0) is 0 Å². The predicted molar refractivity (Wildman–Crippen MR) is 99.3 cm³/mol.